The molecular formula is C15H17NO4. The molecule has 0 fully saturated rings. The summed E-state index contributed by atoms with van der Waals surface area (Å²) in [6.45, 7) is -0.246. The molecule has 0 aliphatic carbocycles. The van der Waals surface area contributed by atoms with Crippen molar-refractivity contribution >= 4 is 5.91 Å². The maximum atomic E-state index is 12.3. The predicted molar refractivity (Wildman–Crippen MR) is 72.9 cm³/mol. The Kier molecular flexibility index (Phi) is 4.92. The van der Waals surface area contributed by atoms with Crippen molar-refractivity contribution in [3.8, 4) is 0 Å². The fourth-order valence-electron chi connectivity index (χ4n) is 1.97. The number of carbonyl (C=O) groups excluding carboxylic acids is 1. The number of hydrogen-bond donors (Lipinski definition) is 2. The standard InChI is InChI=1S/C15H17NO4/c1-19-14(11-6-3-2-4-7-11)15(18)16-12(10-17)13-8-5-9-20-13/h2-9,12,14,17H,10H2,1H3,(H,16,18). The summed E-state index contributed by atoms with van der Waals surface area (Å²) in [5.74, 6) is 0.179. The zero-order valence-corrected chi connectivity index (χ0v) is 11.2. The fourth-order valence-corrected chi connectivity index (χ4v) is 1.97. The Morgan fingerprint density at radius 2 is 2.05 bits per heavy atom. The SMILES string of the molecule is COC(C(=O)NC(CO)c1ccco1)c1ccccc1. The lowest BCUT2D eigenvalue weighted by molar-refractivity contribution is -0.132. The molecule has 0 radical (unpaired) electrons. The number of benzene rings is 1. The molecule has 1 aromatic heterocycles. The van der Waals surface area contributed by atoms with Crippen molar-refractivity contribution in [2.75, 3.05) is 13.7 Å². The van der Waals surface area contributed by atoms with Gasteiger partial charge in [-0.05, 0) is 17.7 Å². The molecule has 0 saturated heterocycles. The van der Waals surface area contributed by atoms with Gasteiger partial charge in [0.05, 0.1) is 12.9 Å². The number of methoxy groups -OCH3 is 1. The number of carbonyl (C=O) groups is 1. The molecule has 0 bridgehead atoms. The van der Waals surface area contributed by atoms with Gasteiger partial charge in [0, 0.05) is 7.11 Å². The topological polar surface area (TPSA) is 71.7 Å². The monoisotopic (exact) mass is 275 g/mol. The van der Waals surface area contributed by atoms with Crippen LogP contribution in [-0.2, 0) is 9.53 Å². The average Bonchev–Trinajstić information content (AvgIpc) is 3.00. The van der Waals surface area contributed by atoms with Gasteiger partial charge in [-0.3, -0.25) is 4.79 Å². The van der Waals surface area contributed by atoms with Crippen molar-refractivity contribution in [1.29, 1.82) is 0 Å². The molecule has 5 heteroatoms. The highest BCUT2D eigenvalue weighted by atomic mass is 16.5. The van der Waals surface area contributed by atoms with Crippen molar-refractivity contribution < 1.29 is 19.1 Å². The first kappa shape index (κ1) is 14.3. The predicted octanol–water partition coefficient (Wildman–Crippen LogP) is 1.82. The number of hydrogen-bond acceptors (Lipinski definition) is 4. The molecule has 0 spiro atoms. The van der Waals surface area contributed by atoms with Gasteiger partial charge in [0.1, 0.15) is 11.8 Å². The van der Waals surface area contributed by atoms with Crippen LogP contribution in [0.15, 0.2) is 53.1 Å². The zero-order valence-electron chi connectivity index (χ0n) is 11.2. The van der Waals surface area contributed by atoms with E-state index in [1.54, 1.807) is 12.1 Å². The summed E-state index contributed by atoms with van der Waals surface area (Å²) >= 11 is 0. The van der Waals surface area contributed by atoms with Gasteiger partial charge in [0.25, 0.3) is 5.91 Å². The Morgan fingerprint density at radius 1 is 1.30 bits per heavy atom. The van der Waals surface area contributed by atoms with Crippen molar-refractivity contribution in [3.05, 3.63) is 60.1 Å². The number of furan rings is 1. The fraction of sp³-hybridized carbons (Fsp3) is 0.267. The summed E-state index contributed by atoms with van der Waals surface area (Å²) in [6.07, 6.45) is 0.773. The second-order valence-corrected chi connectivity index (χ2v) is 4.29. The van der Waals surface area contributed by atoms with Crippen molar-refractivity contribution in [3.63, 3.8) is 0 Å². The first-order valence-corrected chi connectivity index (χ1v) is 6.28. The van der Waals surface area contributed by atoms with Gasteiger partial charge in [-0.25, -0.2) is 0 Å². The Labute approximate surface area is 117 Å². The van der Waals surface area contributed by atoms with Crippen LogP contribution in [0.1, 0.15) is 23.5 Å². The Balaban J connectivity index is 2.09. The van der Waals surface area contributed by atoms with E-state index in [1.165, 1.54) is 13.4 Å². The van der Waals surface area contributed by atoms with E-state index in [1.807, 2.05) is 30.3 Å². The largest absolute Gasteiger partial charge is 0.467 e. The summed E-state index contributed by atoms with van der Waals surface area (Å²) in [7, 11) is 1.47. The maximum Gasteiger partial charge on any atom is 0.254 e. The number of aliphatic hydroxyl groups is 1. The molecule has 2 rings (SSSR count). The molecule has 0 saturated carbocycles. The van der Waals surface area contributed by atoms with Gasteiger partial charge >= 0.3 is 0 Å². The Morgan fingerprint density at radius 3 is 2.60 bits per heavy atom. The van der Waals surface area contributed by atoms with Gasteiger partial charge in [-0.15, -0.1) is 0 Å². The van der Waals surface area contributed by atoms with Gasteiger partial charge in [0.2, 0.25) is 0 Å². The van der Waals surface area contributed by atoms with Gasteiger partial charge in [-0.2, -0.15) is 0 Å². The lowest BCUT2D eigenvalue weighted by atomic mass is 10.1. The number of aliphatic hydroxyl groups excluding tert-OH is 1. The Hall–Kier alpha value is -2.11. The number of nitrogens with one attached hydrogen (secondary N) is 1. The summed E-state index contributed by atoms with van der Waals surface area (Å²) < 4.78 is 10.4. The molecule has 0 aliphatic heterocycles. The van der Waals surface area contributed by atoms with Crippen LogP contribution in [-0.4, -0.2) is 24.7 Å². The van der Waals surface area contributed by atoms with E-state index in [0.29, 0.717) is 5.76 Å². The van der Waals surface area contributed by atoms with Gasteiger partial charge in [0.15, 0.2) is 6.10 Å². The molecule has 2 N–H and O–H groups in total. The first-order chi connectivity index (χ1) is 9.76. The third-order valence-electron chi connectivity index (χ3n) is 2.96. The van der Waals surface area contributed by atoms with E-state index in [9.17, 15) is 9.90 Å². The molecule has 2 unspecified atom stereocenters. The van der Waals surface area contributed by atoms with E-state index in [-0.39, 0.29) is 12.5 Å². The molecule has 0 aliphatic rings. The van der Waals surface area contributed by atoms with Crippen LogP contribution in [0, 0.1) is 0 Å². The van der Waals surface area contributed by atoms with Crippen LogP contribution in [0.5, 0.6) is 0 Å². The number of ether oxygens (including phenoxy) is 1. The van der Waals surface area contributed by atoms with Crippen LogP contribution in [0.3, 0.4) is 0 Å². The van der Waals surface area contributed by atoms with Crippen LogP contribution < -0.4 is 5.32 Å². The minimum absolute atomic E-state index is 0.246. The van der Waals surface area contributed by atoms with E-state index in [2.05, 4.69) is 5.32 Å². The average molecular weight is 275 g/mol. The van der Waals surface area contributed by atoms with Crippen molar-refractivity contribution in [2.24, 2.45) is 0 Å². The van der Waals surface area contributed by atoms with Gasteiger partial charge < -0.3 is 19.6 Å². The van der Waals surface area contributed by atoms with Crippen LogP contribution >= 0.6 is 0 Å². The maximum absolute atomic E-state index is 12.3. The third-order valence-corrected chi connectivity index (χ3v) is 2.96. The first-order valence-electron chi connectivity index (χ1n) is 6.28. The van der Waals surface area contributed by atoms with Crippen LogP contribution in [0.25, 0.3) is 0 Å². The molecular weight excluding hydrogens is 258 g/mol. The van der Waals surface area contributed by atoms with E-state index in [4.69, 9.17) is 9.15 Å². The molecule has 5 nitrogen and oxygen atoms in total. The Bertz CT molecular complexity index is 524. The third kappa shape index (κ3) is 3.26. The second kappa shape index (κ2) is 6.88. The summed E-state index contributed by atoms with van der Waals surface area (Å²) in [4.78, 5) is 12.3. The van der Waals surface area contributed by atoms with E-state index >= 15 is 0 Å². The summed E-state index contributed by atoms with van der Waals surface area (Å²) in [5, 5.41) is 12.1. The van der Waals surface area contributed by atoms with Crippen molar-refractivity contribution in [1.82, 2.24) is 5.32 Å². The smallest absolute Gasteiger partial charge is 0.254 e. The number of rotatable bonds is 6. The van der Waals surface area contributed by atoms with Crippen molar-refractivity contribution in [2.45, 2.75) is 12.1 Å². The lowest BCUT2D eigenvalue weighted by Gasteiger charge is -2.19. The second-order valence-electron chi connectivity index (χ2n) is 4.29. The molecule has 20 heavy (non-hydrogen) atoms. The highest BCUT2D eigenvalue weighted by molar-refractivity contribution is 5.82. The minimum Gasteiger partial charge on any atom is -0.467 e. The molecule has 106 valence electrons. The highest BCUT2D eigenvalue weighted by Crippen LogP contribution is 2.19. The summed E-state index contributed by atoms with van der Waals surface area (Å²) in [6, 6.07) is 12.0. The van der Waals surface area contributed by atoms with E-state index in [0.717, 1.165) is 5.56 Å². The quantitative estimate of drug-likeness (QED) is 0.843. The molecule has 2 atom stereocenters. The normalized spacial score (nSPS) is 13.7. The molecule has 1 heterocycles. The minimum atomic E-state index is -0.722. The zero-order chi connectivity index (χ0) is 14.4. The highest BCUT2D eigenvalue weighted by Gasteiger charge is 2.24. The molecule has 1 aromatic carbocycles. The van der Waals surface area contributed by atoms with E-state index < -0.39 is 12.1 Å². The lowest BCUT2D eigenvalue weighted by Crippen LogP contribution is -2.35. The number of amides is 1. The van der Waals surface area contributed by atoms with Gasteiger partial charge in [-0.1, -0.05) is 30.3 Å². The van der Waals surface area contributed by atoms with Crippen LogP contribution in [0.2, 0.25) is 0 Å². The van der Waals surface area contributed by atoms with Crippen LogP contribution in [0.4, 0.5) is 0 Å². The summed E-state index contributed by atoms with van der Waals surface area (Å²) in [5.41, 5.74) is 0.753. The molecule has 1 amide bonds. The molecule has 2 aromatic rings.